The van der Waals surface area contributed by atoms with E-state index in [1.807, 2.05) is 34.0 Å². The van der Waals surface area contributed by atoms with Crippen LogP contribution in [0.1, 0.15) is 6.42 Å². The molecule has 0 saturated carbocycles. The van der Waals surface area contributed by atoms with Crippen molar-refractivity contribution in [3.8, 4) is 0 Å². The van der Waals surface area contributed by atoms with Crippen LogP contribution < -0.4 is 15.6 Å². The van der Waals surface area contributed by atoms with Crippen molar-refractivity contribution in [2.45, 2.75) is 13.0 Å². The third-order valence-electron chi connectivity index (χ3n) is 5.86. The Hall–Kier alpha value is -3.63. The van der Waals surface area contributed by atoms with Crippen LogP contribution in [0.3, 0.4) is 0 Å². The van der Waals surface area contributed by atoms with Crippen LogP contribution in [-0.2, 0) is 11.3 Å². The molecule has 3 aromatic heterocycles. The van der Waals surface area contributed by atoms with Crippen molar-refractivity contribution in [3.05, 3.63) is 55.2 Å². The van der Waals surface area contributed by atoms with E-state index >= 15 is 0 Å². The summed E-state index contributed by atoms with van der Waals surface area (Å²) in [6, 6.07) is 10.5. The highest BCUT2D eigenvalue weighted by Crippen LogP contribution is 2.25. The van der Waals surface area contributed by atoms with Gasteiger partial charge in [-0.2, -0.15) is 5.10 Å². The number of fused-ring (bicyclic) bond motifs is 1. The van der Waals surface area contributed by atoms with Crippen LogP contribution in [0.5, 0.6) is 0 Å². The van der Waals surface area contributed by atoms with Gasteiger partial charge in [0.05, 0.1) is 36.2 Å². The molecule has 5 rings (SSSR count). The van der Waals surface area contributed by atoms with E-state index in [0.717, 1.165) is 74.0 Å². The largest absolute Gasteiger partial charge is 0.378 e. The Labute approximate surface area is 199 Å². The van der Waals surface area contributed by atoms with Gasteiger partial charge < -0.3 is 19.9 Å². The van der Waals surface area contributed by atoms with Crippen LogP contribution in [0.25, 0.3) is 11.0 Å². The monoisotopic (exact) mass is 461 g/mol. The quantitative estimate of drug-likeness (QED) is 0.393. The van der Waals surface area contributed by atoms with Crippen molar-refractivity contribution in [1.82, 2.24) is 29.3 Å². The lowest BCUT2D eigenvalue weighted by Gasteiger charge is -2.29. The molecule has 10 heteroatoms. The molecule has 0 spiro atoms. The van der Waals surface area contributed by atoms with Crippen molar-refractivity contribution in [3.63, 3.8) is 0 Å². The molecule has 4 aromatic rings. The van der Waals surface area contributed by atoms with E-state index in [2.05, 4.69) is 74.0 Å². The normalized spacial score (nSPS) is 14.1. The summed E-state index contributed by atoms with van der Waals surface area (Å²) in [4.78, 5) is 13.5. The van der Waals surface area contributed by atoms with Gasteiger partial charge >= 0.3 is 0 Å². The third-order valence-corrected chi connectivity index (χ3v) is 5.86. The van der Waals surface area contributed by atoms with Crippen molar-refractivity contribution in [2.24, 2.45) is 0 Å². The molecule has 0 atom stereocenters. The number of aromatic nitrogens is 5. The fraction of sp³-hybridized carbons (Fsp3) is 0.375. The van der Waals surface area contributed by atoms with Crippen LogP contribution in [0.4, 0.5) is 22.9 Å². The van der Waals surface area contributed by atoms with E-state index in [0.29, 0.717) is 0 Å². The minimum absolute atomic E-state index is 0.751. The second-order valence-electron chi connectivity index (χ2n) is 8.68. The molecule has 1 aromatic carbocycles. The number of hydrogen-bond donors (Lipinski definition) is 2. The van der Waals surface area contributed by atoms with Crippen LogP contribution in [0, 0.1) is 0 Å². The smallest absolute Gasteiger partial charge is 0.164 e. The number of morpholine rings is 1. The van der Waals surface area contributed by atoms with Gasteiger partial charge in [-0.05, 0) is 57.4 Å². The molecule has 1 fully saturated rings. The molecule has 0 unspecified atom stereocenters. The molecule has 2 N–H and O–H groups in total. The van der Waals surface area contributed by atoms with E-state index < -0.39 is 0 Å². The lowest BCUT2D eigenvalue weighted by molar-refractivity contribution is 0.122. The summed E-state index contributed by atoms with van der Waals surface area (Å²) in [6.07, 6.45) is 8.43. The Morgan fingerprint density at radius 3 is 2.65 bits per heavy atom. The number of ether oxygens (including phenoxy) is 1. The number of aryl methyl sites for hydroxylation is 1. The topological polar surface area (TPSA) is 88.3 Å². The van der Waals surface area contributed by atoms with Crippen molar-refractivity contribution < 1.29 is 4.74 Å². The highest BCUT2D eigenvalue weighted by atomic mass is 16.5. The minimum Gasteiger partial charge on any atom is -0.378 e. The zero-order chi connectivity index (χ0) is 23.3. The third kappa shape index (κ3) is 5.13. The molecule has 1 aliphatic heterocycles. The van der Waals surface area contributed by atoms with Crippen LogP contribution in [0.2, 0.25) is 0 Å². The average molecular weight is 462 g/mol. The van der Waals surface area contributed by atoms with Crippen molar-refractivity contribution in [2.75, 3.05) is 62.6 Å². The highest BCUT2D eigenvalue weighted by Gasteiger charge is 2.12. The molecule has 0 aliphatic carbocycles. The van der Waals surface area contributed by atoms with Gasteiger partial charge in [-0.15, -0.1) is 0 Å². The lowest BCUT2D eigenvalue weighted by Crippen LogP contribution is -2.36. The molecule has 0 radical (unpaired) electrons. The molecule has 10 nitrogen and oxygen atoms in total. The maximum absolute atomic E-state index is 5.45. The number of nitrogens with zero attached hydrogens (tertiary/aromatic N) is 7. The summed E-state index contributed by atoms with van der Waals surface area (Å²) in [7, 11) is 4.16. The Bertz CT molecular complexity index is 1210. The van der Waals surface area contributed by atoms with Crippen LogP contribution in [-0.4, -0.2) is 76.3 Å². The van der Waals surface area contributed by atoms with Gasteiger partial charge in [-0.25, -0.2) is 14.6 Å². The molecule has 178 valence electrons. The summed E-state index contributed by atoms with van der Waals surface area (Å²) >= 11 is 0. The molecule has 1 saturated heterocycles. The first kappa shape index (κ1) is 22.2. The zero-order valence-corrected chi connectivity index (χ0v) is 19.7. The summed E-state index contributed by atoms with van der Waals surface area (Å²) in [6.45, 7) is 5.33. The first-order valence-corrected chi connectivity index (χ1v) is 11.6. The average Bonchev–Trinajstić information content (AvgIpc) is 3.47. The van der Waals surface area contributed by atoms with Crippen LogP contribution >= 0.6 is 0 Å². The van der Waals surface area contributed by atoms with Gasteiger partial charge in [0.2, 0.25) is 0 Å². The standard InChI is InChI=1S/C24H31N9O/c1-30(2)9-3-10-32-17-20(16-27-32)28-23-22-8-11-33(24(22)26-18-25-23)29-19-4-6-21(7-5-19)31-12-14-34-15-13-31/h4-8,11,16-18,29H,3,9-10,12-15H2,1-2H3,(H,25,26,28). The number of hydrogen-bond acceptors (Lipinski definition) is 8. The Morgan fingerprint density at radius 2 is 1.85 bits per heavy atom. The Balaban J connectivity index is 1.27. The SMILES string of the molecule is CN(C)CCCn1cc(Nc2ncnc3c2ccn3Nc2ccc(N3CCOCC3)cc2)cn1. The van der Waals surface area contributed by atoms with E-state index in [1.165, 1.54) is 5.69 Å². The Morgan fingerprint density at radius 1 is 1.03 bits per heavy atom. The van der Waals surface area contributed by atoms with Crippen LogP contribution in [0.15, 0.2) is 55.2 Å². The number of nitrogens with one attached hydrogen (secondary N) is 2. The molecule has 1 aliphatic rings. The summed E-state index contributed by atoms with van der Waals surface area (Å²) in [5.74, 6) is 0.751. The number of rotatable bonds is 9. The number of anilines is 4. The van der Waals surface area contributed by atoms with Gasteiger partial charge in [0.1, 0.15) is 12.1 Å². The van der Waals surface area contributed by atoms with E-state index in [-0.39, 0.29) is 0 Å². The first-order chi connectivity index (χ1) is 16.7. The fourth-order valence-corrected chi connectivity index (χ4v) is 4.08. The molecule has 0 bridgehead atoms. The summed E-state index contributed by atoms with van der Waals surface area (Å²) in [5, 5.41) is 8.77. The predicted octanol–water partition coefficient (Wildman–Crippen LogP) is 3.03. The summed E-state index contributed by atoms with van der Waals surface area (Å²) < 4.78 is 9.32. The second-order valence-corrected chi connectivity index (χ2v) is 8.68. The molecule has 4 heterocycles. The predicted molar refractivity (Wildman–Crippen MR) is 135 cm³/mol. The van der Waals surface area contributed by atoms with Crippen molar-refractivity contribution >= 4 is 33.9 Å². The Kier molecular flexibility index (Phi) is 6.59. The highest BCUT2D eigenvalue weighted by molar-refractivity contribution is 5.89. The summed E-state index contributed by atoms with van der Waals surface area (Å²) in [5.41, 5.74) is 7.32. The molecular formula is C24H31N9O. The van der Waals surface area contributed by atoms with Gasteiger partial charge in [0.25, 0.3) is 0 Å². The second kappa shape index (κ2) is 10.1. The molecule has 34 heavy (non-hydrogen) atoms. The van der Waals surface area contributed by atoms with Gasteiger partial charge in [0, 0.05) is 37.7 Å². The van der Waals surface area contributed by atoms with Crippen molar-refractivity contribution in [1.29, 1.82) is 0 Å². The number of benzene rings is 1. The molecule has 0 amide bonds. The fourth-order valence-electron chi connectivity index (χ4n) is 4.08. The van der Waals surface area contributed by atoms with Gasteiger partial charge in [-0.3, -0.25) is 10.1 Å². The van der Waals surface area contributed by atoms with Gasteiger partial charge in [-0.1, -0.05) is 0 Å². The van der Waals surface area contributed by atoms with E-state index in [1.54, 1.807) is 6.33 Å². The first-order valence-electron chi connectivity index (χ1n) is 11.6. The maximum atomic E-state index is 5.45. The lowest BCUT2D eigenvalue weighted by atomic mass is 10.2. The van der Waals surface area contributed by atoms with Gasteiger partial charge in [0.15, 0.2) is 5.65 Å². The van der Waals surface area contributed by atoms with E-state index in [9.17, 15) is 0 Å². The van der Waals surface area contributed by atoms with E-state index in [4.69, 9.17) is 4.74 Å². The zero-order valence-electron chi connectivity index (χ0n) is 19.7. The molecular weight excluding hydrogens is 430 g/mol. The maximum Gasteiger partial charge on any atom is 0.164 e. The minimum atomic E-state index is 0.751.